The molecule has 0 spiro atoms. The molecule has 2 heterocycles. The fourth-order valence-electron chi connectivity index (χ4n) is 1.87. The molecule has 1 aliphatic rings. The maximum Gasteiger partial charge on any atom is 0.252 e. The average molecular weight is 217 g/mol. The summed E-state index contributed by atoms with van der Waals surface area (Å²) < 4.78 is 18.9. The summed E-state index contributed by atoms with van der Waals surface area (Å²) in [6.45, 7) is 0.262. The molecule has 2 aromatic rings. The van der Waals surface area contributed by atoms with E-state index in [2.05, 4.69) is 5.32 Å². The van der Waals surface area contributed by atoms with Crippen LogP contribution in [0.15, 0.2) is 34.9 Å². The molecule has 1 amide bonds. The van der Waals surface area contributed by atoms with E-state index < -0.39 is 0 Å². The van der Waals surface area contributed by atoms with E-state index in [1.54, 1.807) is 18.2 Å². The minimum Gasteiger partial charge on any atom is -0.464 e. The molecule has 3 nitrogen and oxygen atoms in total. The Bertz CT molecular complexity index is 561. The zero-order chi connectivity index (χ0) is 11.1. The fraction of sp³-hybridized carbons (Fsp3) is 0.0833. The zero-order valence-electron chi connectivity index (χ0n) is 8.29. The van der Waals surface area contributed by atoms with E-state index in [-0.39, 0.29) is 18.3 Å². The molecule has 1 aliphatic heterocycles. The minimum absolute atomic E-state index is 0.234. The van der Waals surface area contributed by atoms with Crippen molar-refractivity contribution in [1.82, 2.24) is 5.32 Å². The van der Waals surface area contributed by atoms with E-state index >= 15 is 0 Å². The van der Waals surface area contributed by atoms with Gasteiger partial charge in [-0.3, -0.25) is 4.79 Å². The molecule has 4 heteroatoms. The van der Waals surface area contributed by atoms with Crippen LogP contribution >= 0.6 is 0 Å². The SMILES string of the molecule is O=C1NCc2c(F)cc(-c3ccco3)cc21. The summed E-state index contributed by atoms with van der Waals surface area (Å²) in [5.41, 5.74) is 1.41. The van der Waals surface area contributed by atoms with Crippen molar-refractivity contribution in [1.29, 1.82) is 0 Å². The molecule has 1 N–H and O–H groups in total. The molecule has 0 aliphatic carbocycles. The van der Waals surface area contributed by atoms with Crippen molar-refractivity contribution in [2.75, 3.05) is 0 Å². The number of benzene rings is 1. The summed E-state index contributed by atoms with van der Waals surface area (Å²) in [7, 11) is 0. The number of nitrogens with one attached hydrogen (secondary N) is 1. The lowest BCUT2D eigenvalue weighted by Crippen LogP contribution is -2.12. The lowest BCUT2D eigenvalue weighted by Gasteiger charge is -2.02. The standard InChI is InChI=1S/C12H8FNO2/c13-10-5-7(11-2-1-3-16-11)4-8-9(10)6-14-12(8)15/h1-5H,6H2,(H,14,15). The van der Waals surface area contributed by atoms with Crippen molar-refractivity contribution in [2.45, 2.75) is 6.54 Å². The van der Waals surface area contributed by atoms with Gasteiger partial charge in [0.25, 0.3) is 5.91 Å². The number of carbonyl (C=O) groups excluding carboxylic acids is 1. The number of furan rings is 1. The van der Waals surface area contributed by atoms with Crippen LogP contribution in [0.4, 0.5) is 4.39 Å². The molecule has 0 unspecified atom stereocenters. The first-order valence-corrected chi connectivity index (χ1v) is 4.90. The van der Waals surface area contributed by atoms with Crippen LogP contribution in [0.25, 0.3) is 11.3 Å². The van der Waals surface area contributed by atoms with Gasteiger partial charge in [-0.25, -0.2) is 4.39 Å². The highest BCUT2D eigenvalue weighted by Gasteiger charge is 2.23. The summed E-state index contributed by atoms with van der Waals surface area (Å²) in [4.78, 5) is 11.4. The van der Waals surface area contributed by atoms with Crippen LogP contribution < -0.4 is 5.32 Å². The first-order valence-electron chi connectivity index (χ1n) is 4.90. The highest BCUT2D eigenvalue weighted by Crippen LogP contribution is 2.27. The Labute approximate surface area is 90.9 Å². The smallest absolute Gasteiger partial charge is 0.252 e. The normalized spacial score (nSPS) is 13.7. The van der Waals surface area contributed by atoms with Crippen LogP contribution in [0.5, 0.6) is 0 Å². The van der Waals surface area contributed by atoms with Gasteiger partial charge in [0.05, 0.1) is 6.26 Å². The highest BCUT2D eigenvalue weighted by atomic mass is 19.1. The van der Waals surface area contributed by atoms with E-state index in [0.29, 0.717) is 22.5 Å². The van der Waals surface area contributed by atoms with E-state index in [1.807, 2.05) is 0 Å². The Balaban J connectivity index is 2.20. The predicted molar refractivity (Wildman–Crippen MR) is 55.3 cm³/mol. The van der Waals surface area contributed by atoms with Crippen LogP contribution in [0.1, 0.15) is 15.9 Å². The molecule has 0 saturated heterocycles. The van der Waals surface area contributed by atoms with Gasteiger partial charge in [0.15, 0.2) is 0 Å². The number of hydrogen-bond donors (Lipinski definition) is 1. The van der Waals surface area contributed by atoms with Crippen LogP contribution in [0.3, 0.4) is 0 Å². The zero-order valence-corrected chi connectivity index (χ0v) is 8.29. The largest absolute Gasteiger partial charge is 0.464 e. The number of amides is 1. The molecule has 0 radical (unpaired) electrons. The van der Waals surface area contributed by atoms with Gasteiger partial charge in [0, 0.05) is 23.2 Å². The maximum absolute atomic E-state index is 13.7. The minimum atomic E-state index is -0.373. The van der Waals surface area contributed by atoms with E-state index in [0.717, 1.165) is 0 Å². The Hall–Kier alpha value is -2.10. The van der Waals surface area contributed by atoms with Crippen molar-refractivity contribution < 1.29 is 13.6 Å². The van der Waals surface area contributed by atoms with Crippen molar-refractivity contribution >= 4 is 5.91 Å². The molecule has 16 heavy (non-hydrogen) atoms. The lowest BCUT2D eigenvalue weighted by atomic mass is 10.0. The van der Waals surface area contributed by atoms with Gasteiger partial charge in [-0.1, -0.05) is 0 Å². The van der Waals surface area contributed by atoms with Crippen LogP contribution in [0, 0.1) is 5.82 Å². The van der Waals surface area contributed by atoms with E-state index in [1.165, 1.54) is 12.3 Å². The van der Waals surface area contributed by atoms with Gasteiger partial charge in [-0.15, -0.1) is 0 Å². The molecule has 1 aromatic carbocycles. The van der Waals surface area contributed by atoms with Gasteiger partial charge in [-0.2, -0.15) is 0 Å². The second-order valence-electron chi connectivity index (χ2n) is 3.64. The second-order valence-corrected chi connectivity index (χ2v) is 3.64. The first-order chi connectivity index (χ1) is 7.75. The third-order valence-electron chi connectivity index (χ3n) is 2.67. The Morgan fingerprint density at radius 2 is 2.25 bits per heavy atom. The van der Waals surface area contributed by atoms with E-state index in [4.69, 9.17) is 4.42 Å². The van der Waals surface area contributed by atoms with Gasteiger partial charge in [-0.05, 0) is 24.3 Å². The Kier molecular flexibility index (Phi) is 1.83. The molecule has 0 fully saturated rings. The molecule has 0 saturated carbocycles. The van der Waals surface area contributed by atoms with Crippen molar-refractivity contribution in [3.05, 3.63) is 47.5 Å². The van der Waals surface area contributed by atoms with Crippen LogP contribution in [-0.2, 0) is 6.54 Å². The summed E-state index contributed by atoms with van der Waals surface area (Å²) in [5.74, 6) is -0.0500. The summed E-state index contributed by atoms with van der Waals surface area (Å²) in [6.07, 6.45) is 1.51. The fourth-order valence-corrected chi connectivity index (χ4v) is 1.87. The molecular formula is C12H8FNO2. The highest BCUT2D eigenvalue weighted by molar-refractivity contribution is 5.99. The summed E-state index contributed by atoms with van der Waals surface area (Å²) >= 11 is 0. The third-order valence-corrected chi connectivity index (χ3v) is 2.67. The van der Waals surface area contributed by atoms with Crippen molar-refractivity contribution in [3.63, 3.8) is 0 Å². The van der Waals surface area contributed by atoms with E-state index in [9.17, 15) is 9.18 Å². The number of hydrogen-bond acceptors (Lipinski definition) is 2. The number of halogens is 1. The third kappa shape index (κ3) is 1.23. The summed E-state index contributed by atoms with van der Waals surface area (Å²) in [6, 6.07) is 6.49. The number of rotatable bonds is 1. The van der Waals surface area contributed by atoms with Gasteiger partial charge >= 0.3 is 0 Å². The monoisotopic (exact) mass is 217 g/mol. The second kappa shape index (κ2) is 3.20. The first kappa shape index (κ1) is 9.15. The maximum atomic E-state index is 13.7. The van der Waals surface area contributed by atoms with Crippen molar-refractivity contribution in [2.24, 2.45) is 0 Å². The molecule has 1 aromatic heterocycles. The lowest BCUT2D eigenvalue weighted by molar-refractivity contribution is 0.0966. The average Bonchev–Trinajstić information content (AvgIpc) is 2.88. The predicted octanol–water partition coefficient (Wildman–Crippen LogP) is 2.33. The quantitative estimate of drug-likeness (QED) is 0.796. The van der Waals surface area contributed by atoms with Gasteiger partial charge in [0.2, 0.25) is 0 Å². The Morgan fingerprint density at radius 3 is 3.00 bits per heavy atom. The van der Waals surface area contributed by atoms with Crippen molar-refractivity contribution in [3.8, 4) is 11.3 Å². The Morgan fingerprint density at radius 1 is 1.38 bits per heavy atom. The molecular weight excluding hydrogens is 209 g/mol. The molecule has 3 rings (SSSR count). The van der Waals surface area contributed by atoms with Crippen LogP contribution in [0.2, 0.25) is 0 Å². The van der Waals surface area contributed by atoms with Gasteiger partial charge in [0.1, 0.15) is 11.6 Å². The van der Waals surface area contributed by atoms with Gasteiger partial charge < -0.3 is 9.73 Å². The number of carbonyl (C=O) groups is 1. The molecule has 0 bridgehead atoms. The number of fused-ring (bicyclic) bond motifs is 1. The van der Waals surface area contributed by atoms with Crippen LogP contribution in [-0.4, -0.2) is 5.91 Å². The topological polar surface area (TPSA) is 42.2 Å². The summed E-state index contributed by atoms with van der Waals surface area (Å²) in [5, 5.41) is 2.59. The molecule has 80 valence electrons. The molecule has 0 atom stereocenters.